The van der Waals surface area contributed by atoms with E-state index in [-0.39, 0.29) is 0 Å². The van der Waals surface area contributed by atoms with Crippen LogP contribution in [0.4, 0.5) is 11.6 Å². The van der Waals surface area contributed by atoms with Gasteiger partial charge in [0.1, 0.15) is 17.5 Å². The van der Waals surface area contributed by atoms with E-state index < -0.39 is 5.60 Å². The van der Waals surface area contributed by atoms with E-state index in [4.69, 9.17) is 0 Å². The quantitative estimate of drug-likeness (QED) is 0.618. The first-order valence-corrected chi connectivity index (χ1v) is 8.15. The van der Waals surface area contributed by atoms with E-state index >= 15 is 0 Å². The van der Waals surface area contributed by atoms with Gasteiger partial charge in [-0.15, -0.1) is 0 Å². The standard InChI is InChI=1S/C16H30N4O/c1-5-9-13-19-14(17-10-6-2)11-15(20-13)18-12-16(21,7-3)8-4/h11,21H,5-10,12H2,1-4H3,(H2,17,18,19,20). The molecule has 120 valence electrons. The third kappa shape index (κ3) is 5.87. The minimum atomic E-state index is -0.674. The second kappa shape index (κ2) is 8.82. The highest BCUT2D eigenvalue weighted by atomic mass is 16.3. The molecule has 1 rings (SSSR count). The van der Waals surface area contributed by atoms with Crippen molar-refractivity contribution >= 4 is 11.6 Å². The Kier molecular flexibility index (Phi) is 7.43. The summed E-state index contributed by atoms with van der Waals surface area (Å²) in [5.74, 6) is 2.49. The van der Waals surface area contributed by atoms with Crippen LogP contribution < -0.4 is 10.6 Å². The van der Waals surface area contributed by atoms with Gasteiger partial charge in [-0.25, -0.2) is 9.97 Å². The zero-order chi connectivity index (χ0) is 15.7. The highest BCUT2D eigenvalue weighted by Gasteiger charge is 2.22. The summed E-state index contributed by atoms with van der Waals surface area (Å²) in [6, 6.07) is 1.92. The van der Waals surface area contributed by atoms with E-state index in [2.05, 4.69) is 34.4 Å². The van der Waals surface area contributed by atoms with Crippen LogP contribution in [0, 0.1) is 0 Å². The lowest BCUT2D eigenvalue weighted by Crippen LogP contribution is -2.35. The monoisotopic (exact) mass is 294 g/mol. The summed E-state index contributed by atoms with van der Waals surface area (Å²) in [5, 5.41) is 16.9. The number of rotatable bonds is 10. The number of aryl methyl sites for hydroxylation is 1. The molecule has 0 atom stereocenters. The molecule has 0 bridgehead atoms. The molecular formula is C16H30N4O. The number of hydrogen-bond acceptors (Lipinski definition) is 5. The molecule has 0 aromatic carbocycles. The van der Waals surface area contributed by atoms with Crippen LogP contribution >= 0.6 is 0 Å². The average Bonchev–Trinajstić information content (AvgIpc) is 2.51. The largest absolute Gasteiger partial charge is 0.388 e. The van der Waals surface area contributed by atoms with Gasteiger partial charge in [-0.3, -0.25) is 0 Å². The molecule has 0 saturated carbocycles. The molecule has 0 aliphatic heterocycles. The summed E-state index contributed by atoms with van der Waals surface area (Å²) in [6.07, 6.45) is 4.39. The predicted octanol–water partition coefficient (Wildman–Crippen LogP) is 3.21. The number of aliphatic hydroxyl groups is 1. The molecule has 0 spiro atoms. The Labute approximate surface area is 128 Å². The van der Waals surface area contributed by atoms with Crippen LogP contribution in [0.1, 0.15) is 59.2 Å². The van der Waals surface area contributed by atoms with Gasteiger partial charge in [0.2, 0.25) is 0 Å². The van der Waals surface area contributed by atoms with E-state index in [1.165, 1.54) is 0 Å². The normalized spacial score (nSPS) is 11.5. The van der Waals surface area contributed by atoms with Gasteiger partial charge in [-0.2, -0.15) is 0 Å². The highest BCUT2D eigenvalue weighted by Crippen LogP contribution is 2.17. The van der Waals surface area contributed by atoms with E-state index in [0.29, 0.717) is 6.54 Å². The van der Waals surface area contributed by atoms with Crippen molar-refractivity contribution in [3.05, 3.63) is 11.9 Å². The van der Waals surface area contributed by atoms with Crippen molar-refractivity contribution in [2.45, 2.75) is 65.4 Å². The summed E-state index contributed by atoms with van der Waals surface area (Å²) >= 11 is 0. The molecule has 0 saturated heterocycles. The summed E-state index contributed by atoms with van der Waals surface area (Å²) in [7, 11) is 0. The SMILES string of the molecule is CCCNc1cc(NCC(O)(CC)CC)nc(CCC)n1. The number of aromatic nitrogens is 2. The first-order chi connectivity index (χ1) is 10.1. The Bertz CT molecular complexity index is 419. The van der Waals surface area contributed by atoms with Gasteiger partial charge in [0, 0.05) is 25.6 Å². The smallest absolute Gasteiger partial charge is 0.133 e. The van der Waals surface area contributed by atoms with Gasteiger partial charge < -0.3 is 15.7 Å². The van der Waals surface area contributed by atoms with Crippen LogP contribution in [-0.4, -0.2) is 33.8 Å². The van der Waals surface area contributed by atoms with Gasteiger partial charge >= 0.3 is 0 Å². The maximum Gasteiger partial charge on any atom is 0.133 e. The Morgan fingerprint density at radius 3 is 2.14 bits per heavy atom. The zero-order valence-corrected chi connectivity index (χ0v) is 13.9. The summed E-state index contributed by atoms with van der Waals surface area (Å²) < 4.78 is 0. The van der Waals surface area contributed by atoms with Gasteiger partial charge in [-0.05, 0) is 25.7 Å². The van der Waals surface area contributed by atoms with E-state index in [1.807, 2.05) is 19.9 Å². The number of hydrogen-bond donors (Lipinski definition) is 3. The Morgan fingerprint density at radius 1 is 1.00 bits per heavy atom. The summed E-state index contributed by atoms with van der Waals surface area (Å²) in [4.78, 5) is 9.05. The molecule has 5 nitrogen and oxygen atoms in total. The number of anilines is 2. The van der Waals surface area contributed by atoms with Crippen molar-refractivity contribution < 1.29 is 5.11 Å². The van der Waals surface area contributed by atoms with Crippen molar-refractivity contribution in [2.24, 2.45) is 0 Å². The summed E-state index contributed by atoms with van der Waals surface area (Å²) in [5.41, 5.74) is -0.674. The topological polar surface area (TPSA) is 70.1 Å². The van der Waals surface area contributed by atoms with E-state index in [9.17, 15) is 5.11 Å². The summed E-state index contributed by atoms with van der Waals surface area (Å²) in [6.45, 7) is 9.66. The molecule has 0 aliphatic rings. The highest BCUT2D eigenvalue weighted by molar-refractivity contribution is 5.47. The fourth-order valence-electron chi connectivity index (χ4n) is 2.02. The van der Waals surface area contributed by atoms with Crippen molar-refractivity contribution in [2.75, 3.05) is 23.7 Å². The second-order valence-corrected chi connectivity index (χ2v) is 5.52. The molecule has 1 aromatic heterocycles. The van der Waals surface area contributed by atoms with Gasteiger partial charge in [0.15, 0.2) is 0 Å². The van der Waals surface area contributed by atoms with Crippen LogP contribution in [0.5, 0.6) is 0 Å². The lowest BCUT2D eigenvalue weighted by Gasteiger charge is -2.25. The molecule has 0 aliphatic carbocycles. The van der Waals surface area contributed by atoms with Gasteiger partial charge in [0.05, 0.1) is 5.60 Å². The Balaban J connectivity index is 2.81. The number of nitrogens with zero attached hydrogens (tertiary/aromatic N) is 2. The fraction of sp³-hybridized carbons (Fsp3) is 0.750. The number of nitrogens with one attached hydrogen (secondary N) is 2. The third-order valence-corrected chi connectivity index (χ3v) is 3.72. The van der Waals surface area contributed by atoms with Crippen molar-refractivity contribution in [1.82, 2.24) is 9.97 Å². The third-order valence-electron chi connectivity index (χ3n) is 3.72. The van der Waals surface area contributed by atoms with Crippen LogP contribution in [0.2, 0.25) is 0 Å². The van der Waals surface area contributed by atoms with Crippen molar-refractivity contribution in [3.8, 4) is 0 Å². The second-order valence-electron chi connectivity index (χ2n) is 5.52. The molecule has 1 heterocycles. The van der Waals surface area contributed by atoms with E-state index in [1.54, 1.807) is 0 Å². The lowest BCUT2D eigenvalue weighted by atomic mass is 9.98. The maximum atomic E-state index is 10.4. The molecule has 0 fully saturated rings. The molecule has 3 N–H and O–H groups in total. The Hall–Kier alpha value is -1.36. The molecule has 5 heteroatoms. The first-order valence-electron chi connectivity index (χ1n) is 8.15. The van der Waals surface area contributed by atoms with Gasteiger partial charge in [0.25, 0.3) is 0 Å². The fourth-order valence-corrected chi connectivity index (χ4v) is 2.02. The molecule has 0 unspecified atom stereocenters. The molecule has 0 radical (unpaired) electrons. The minimum absolute atomic E-state index is 0.510. The molecule has 0 amide bonds. The molecule has 21 heavy (non-hydrogen) atoms. The predicted molar refractivity (Wildman–Crippen MR) is 88.8 cm³/mol. The van der Waals surface area contributed by atoms with Crippen LogP contribution in [0.3, 0.4) is 0 Å². The lowest BCUT2D eigenvalue weighted by molar-refractivity contribution is 0.0456. The average molecular weight is 294 g/mol. The Morgan fingerprint density at radius 2 is 1.62 bits per heavy atom. The molecular weight excluding hydrogens is 264 g/mol. The maximum absolute atomic E-state index is 10.4. The van der Waals surface area contributed by atoms with Crippen molar-refractivity contribution in [1.29, 1.82) is 0 Å². The van der Waals surface area contributed by atoms with Crippen LogP contribution in [0.15, 0.2) is 6.07 Å². The van der Waals surface area contributed by atoms with Crippen molar-refractivity contribution in [3.63, 3.8) is 0 Å². The van der Waals surface area contributed by atoms with Crippen LogP contribution in [-0.2, 0) is 6.42 Å². The van der Waals surface area contributed by atoms with Crippen LogP contribution in [0.25, 0.3) is 0 Å². The zero-order valence-electron chi connectivity index (χ0n) is 13.9. The van der Waals surface area contributed by atoms with Gasteiger partial charge in [-0.1, -0.05) is 27.7 Å². The first kappa shape index (κ1) is 17.7. The minimum Gasteiger partial charge on any atom is -0.388 e. The molecule has 1 aromatic rings. The van der Waals surface area contributed by atoms with E-state index in [0.717, 1.165) is 56.1 Å².